The number of imidazole rings is 1. The molecule has 0 radical (unpaired) electrons. The molecule has 1 aliphatic rings. The van der Waals surface area contributed by atoms with Gasteiger partial charge in [0, 0.05) is 37.6 Å². The number of halogens is 1. The van der Waals surface area contributed by atoms with E-state index in [2.05, 4.69) is 86.4 Å². The number of thiazole rings is 1. The molecule has 2 N–H and O–H groups in total. The first-order valence-corrected chi connectivity index (χ1v) is 19.9. The van der Waals surface area contributed by atoms with E-state index in [1.807, 2.05) is 40.0 Å². The average Bonchev–Trinajstić information content (AvgIpc) is 3.77. The van der Waals surface area contributed by atoms with E-state index in [0.717, 1.165) is 64.4 Å². The van der Waals surface area contributed by atoms with Crippen molar-refractivity contribution in [3.05, 3.63) is 113 Å². The minimum absolute atomic E-state index is 0.0801. The summed E-state index contributed by atoms with van der Waals surface area (Å²) in [5, 5.41) is 26.4. The zero-order chi connectivity index (χ0) is 35.0. The molecule has 1 saturated heterocycles. The van der Waals surface area contributed by atoms with Crippen LogP contribution < -0.4 is 25.5 Å². The third-order valence-electron chi connectivity index (χ3n) is 9.62. The fourth-order valence-corrected chi connectivity index (χ4v) is 11.8. The Hall–Kier alpha value is -4.42. The number of hydrogen-bond acceptors (Lipinski definition) is 8. The Labute approximate surface area is 298 Å². The molecule has 1 fully saturated rings. The molecule has 258 valence electrons. The maximum absolute atomic E-state index is 13.5. The van der Waals surface area contributed by atoms with Gasteiger partial charge in [0.05, 0.1) is 23.5 Å². The summed E-state index contributed by atoms with van der Waals surface area (Å²) in [7, 11) is 0.288. The largest absolute Gasteiger partial charge is 0.387 e. The maximum atomic E-state index is 13.5. The van der Waals surface area contributed by atoms with Crippen molar-refractivity contribution >= 4 is 52.9 Å². The van der Waals surface area contributed by atoms with E-state index < -0.39 is 14.9 Å². The summed E-state index contributed by atoms with van der Waals surface area (Å²) >= 11 is 1.53. The van der Waals surface area contributed by atoms with E-state index in [1.54, 1.807) is 12.1 Å². The van der Waals surface area contributed by atoms with Crippen molar-refractivity contribution in [3.63, 3.8) is 0 Å². The monoisotopic (exact) mass is 705 g/mol. The highest BCUT2D eigenvalue weighted by atomic mass is 32.1. The van der Waals surface area contributed by atoms with Crippen LogP contribution in [0.1, 0.15) is 45.1 Å². The van der Waals surface area contributed by atoms with Gasteiger partial charge >= 0.3 is 0 Å². The van der Waals surface area contributed by atoms with Crippen molar-refractivity contribution in [2.24, 2.45) is 0 Å². The van der Waals surface area contributed by atoms with Crippen molar-refractivity contribution in [1.82, 2.24) is 24.9 Å². The van der Waals surface area contributed by atoms with E-state index in [0.29, 0.717) is 6.54 Å². The van der Waals surface area contributed by atoms with Gasteiger partial charge in [-0.15, -0.1) is 16.4 Å². The number of nitrogens with zero attached hydrogens (tertiary/aromatic N) is 6. The van der Waals surface area contributed by atoms with Gasteiger partial charge in [0.2, 0.25) is 0 Å². The Kier molecular flexibility index (Phi) is 9.58. The summed E-state index contributed by atoms with van der Waals surface area (Å²) in [6.45, 7) is 11.2. The lowest BCUT2D eigenvalue weighted by Gasteiger charge is -2.38. The van der Waals surface area contributed by atoms with Crippen LogP contribution in [0, 0.1) is 5.82 Å². The number of hydrogen-bond donors (Lipinski definition) is 2. The summed E-state index contributed by atoms with van der Waals surface area (Å²) in [5.41, 5.74) is 4.37. The Morgan fingerprint density at radius 1 is 1.00 bits per heavy atom. The van der Waals surface area contributed by atoms with Crippen molar-refractivity contribution < 1.29 is 9.50 Å². The molecule has 11 heteroatoms. The minimum Gasteiger partial charge on any atom is -0.387 e. The molecule has 7 rings (SSSR count). The van der Waals surface area contributed by atoms with Crippen LogP contribution in [0.2, 0.25) is 5.04 Å². The van der Waals surface area contributed by atoms with Gasteiger partial charge in [-0.05, 0) is 53.4 Å². The molecule has 3 aromatic carbocycles. The van der Waals surface area contributed by atoms with Gasteiger partial charge in [0.1, 0.15) is 20.4 Å². The number of piperazine rings is 1. The molecule has 8 nitrogen and oxygen atoms in total. The van der Waals surface area contributed by atoms with Crippen LogP contribution in [0.5, 0.6) is 0 Å². The maximum Gasteiger partial charge on any atom is 0.191 e. The Morgan fingerprint density at radius 2 is 1.74 bits per heavy atom. The number of aliphatic hydroxyl groups excluding tert-OH is 1. The first-order chi connectivity index (χ1) is 24.1. The molecule has 4 heterocycles. The Balaban J connectivity index is 1.17. The highest BCUT2D eigenvalue weighted by Gasteiger charge is 2.35. The van der Waals surface area contributed by atoms with Crippen LogP contribution in [0.25, 0.3) is 16.9 Å². The number of nitrogens with one attached hydrogen (secondary N) is 1. The highest BCUT2D eigenvalue weighted by molar-refractivity contribution is 7.14. The van der Waals surface area contributed by atoms with E-state index in [9.17, 15) is 9.50 Å². The topological polar surface area (TPSA) is 81.8 Å². The predicted octanol–water partition coefficient (Wildman–Crippen LogP) is 5.98. The van der Waals surface area contributed by atoms with Crippen LogP contribution in [0.4, 0.5) is 21.2 Å². The number of rotatable bonds is 9. The molecule has 0 bridgehead atoms. The van der Waals surface area contributed by atoms with E-state index in [4.69, 9.17) is 15.1 Å². The Bertz CT molecular complexity index is 2080. The molecule has 0 spiro atoms. The first kappa shape index (κ1) is 34.0. The lowest BCUT2D eigenvalue weighted by Crippen LogP contribution is -2.56. The number of fused-ring (bicyclic) bond motifs is 1. The molecule has 6 aromatic rings. The van der Waals surface area contributed by atoms with Crippen molar-refractivity contribution in [1.29, 1.82) is 0 Å². The van der Waals surface area contributed by atoms with E-state index >= 15 is 0 Å². The third-order valence-corrected chi connectivity index (χ3v) is 14.5. The van der Waals surface area contributed by atoms with Crippen LogP contribution in [-0.4, -0.2) is 66.2 Å². The van der Waals surface area contributed by atoms with Crippen molar-refractivity contribution in [2.75, 3.05) is 36.5 Å². The lowest BCUT2D eigenvalue weighted by atomic mass is 10.00. The number of anilines is 3. The standard InChI is InChI=1S/C39H44FN7OSSi/c1-6-30-37(45(5)38-43-32(25-49-38)26-16-18-27(40)19-17-26)47-34(42-30)20-21-35(44-47)46-23-22-41-31(24-46)36(48)29-14-10-11-15-33(29)50(39(2,3)4)28-12-8-7-9-13-28/h7-21,25,31,36,41,48,50H,6,22-24H2,1-5H3/t31-,36?,50?/m1/s1. The molecule has 3 atom stereocenters. The first-order valence-electron chi connectivity index (χ1n) is 17.3. The highest BCUT2D eigenvalue weighted by Crippen LogP contribution is 2.34. The van der Waals surface area contributed by atoms with Gasteiger partial charge in [-0.2, -0.15) is 4.52 Å². The molecule has 1 aliphatic heterocycles. The second kappa shape index (κ2) is 14.1. The summed E-state index contributed by atoms with van der Waals surface area (Å²) in [4.78, 5) is 14.1. The number of aryl methyl sites for hydroxylation is 1. The summed E-state index contributed by atoms with van der Waals surface area (Å²) in [5.74, 6) is 1.43. The zero-order valence-electron chi connectivity index (χ0n) is 29.2. The second-order valence-electron chi connectivity index (χ2n) is 14.1. The third kappa shape index (κ3) is 6.70. The molecular formula is C39H44FN7OSSi. The summed E-state index contributed by atoms with van der Waals surface area (Å²) in [6, 6.07) is 29.6. The van der Waals surface area contributed by atoms with Gasteiger partial charge < -0.3 is 20.2 Å². The number of aliphatic hydroxyl groups is 1. The molecule has 2 unspecified atom stereocenters. The molecule has 0 saturated carbocycles. The number of aromatic nitrogens is 4. The van der Waals surface area contributed by atoms with Gasteiger partial charge in [-0.3, -0.25) is 0 Å². The lowest BCUT2D eigenvalue weighted by molar-refractivity contribution is 0.126. The quantitative estimate of drug-likeness (QED) is 0.179. The van der Waals surface area contributed by atoms with Gasteiger partial charge in [-0.25, -0.2) is 14.4 Å². The van der Waals surface area contributed by atoms with Gasteiger partial charge in [0.25, 0.3) is 0 Å². The molecule has 0 aliphatic carbocycles. The van der Waals surface area contributed by atoms with Gasteiger partial charge in [0.15, 0.2) is 16.6 Å². The van der Waals surface area contributed by atoms with Crippen LogP contribution >= 0.6 is 11.3 Å². The zero-order valence-corrected chi connectivity index (χ0v) is 31.2. The summed E-state index contributed by atoms with van der Waals surface area (Å²) in [6.07, 6.45) is 0.0539. The van der Waals surface area contributed by atoms with Crippen LogP contribution in [0.3, 0.4) is 0 Å². The van der Waals surface area contributed by atoms with Gasteiger partial charge in [-0.1, -0.05) is 92.7 Å². The van der Waals surface area contributed by atoms with E-state index in [1.165, 1.54) is 33.8 Å². The fourth-order valence-electron chi connectivity index (χ4n) is 7.21. The number of benzene rings is 3. The molecule has 0 amide bonds. The van der Waals surface area contributed by atoms with Crippen molar-refractivity contribution in [2.45, 2.75) is 51.3 Å². The van der Waals surface area contributed by atoms with Crippen LogP contribution in [-0.2, 0) is 6.42 Å². The molecule has 50 heavy (non-hydrogen) atoms. The second-order valence-corrected chi connectivity index (χ2v) is 18.8. The molecule has 3 aromatic heterocycles. The predicted molar refractivity (Wildman–Crippen MR) is 206 cm³/mol. The smallest absolute Gasteiger partial charge is 0.191 e. The van der Waals surface area contributed by atoms with Crippen molar-refractivity contribution in [3.8, 4) is 11.3 Å². The van der Waals surface area contributed by atoms with Crippen LogP contribution in [0.15, 0.2) is 96.4 Å². The fraction of sp³-hybridized carbons (Fsp3) is 0.308. The normalized spacial score (nSPS) is 16.5. The summed E-state index contributed by atoms with van der Waals surface area (Å²) < 4.78 is 15.5. The minimum atomic E-state index is -1.70. The SMILES string of the molecule is CCc1nc2ccc(N3CCN[C@@H](C(O)c4ccccc4[SiH](c4ccccc4)C(C)(C)C)C3)nn2c1N(C)c1nc(-c2ccc(F)cc2)cs1. The Morgan fingerprint density at radius 3 is 2.48 bits per heavy atom. The average molecular weight is 706 g/mol. The molecular weight excluding hydrogens is 662 g/mol. The van der Waals surface area contributed by atoms with E-state index in [-0.39, 0.29) is 16.9 Å².